The Morgan fingerprint density at radius 3 is 2.67 bits per heavy atom. The number of fused-ring (bicyclic) bond motifs is 1. The summed E-state index contributed by atoms with van der Waals surface area (Å²) in [6.45, 7) is 3.22. The van der Waals surface area contributed by atoms with Crippen LogP contribution in [0.3, 0.4) is 0 Å². The van der Waals surface area contributed by atoms with Gasteiger partial charge in [0.2, 0.25) is 0 Å². The molecule has 1 aromatic heterocycles. The molecule has 0 aliphatic rings. The lowest BCUT2D eigenvalue weighted by Crippen LogP contribution is -2.22. The van der Waals surface area contributed by atoms with E-state index in [4.69, 9.17) is 0 Å². The van der Waals surface area contributed by atoms with Crippen molar-refractivity contribution in [2.75, 3.05) is 6.54 Å². The molecule has 0 aliphatic carbocycles. The van der Waals surface area contributed by atoms with E-state index in [9.17, 15) is 0 Å². The van der Waals surface area contributed by atoms with E-state index in [1.54, 1.807) is 11.3 Å². The first kappa shape index (κ1) is 14.8. The number of benzene rings is 2. The largest absolute Gasteiger partial charge is 0.306 e. The molecule has 3 aromatic rings. The van der Waals surface area contributed by atoms with Gasteiger partial charge in [0, 0.05) is 9.35 Å². The maximum Gasteiger partial charge on any atom is 0.0688 e. The topological polar surface area (TPSA) is 12.0 Å². The molecule has 0 bridgehead atoms. The summed E-state index contributed by atoms with van der Waals surface area (Å²) in [5.41, 5.74) is 1.35. The minimum atomic E-state index is 0.241. The Morgan fingerprint density at radius 1 is 1.10 bits per heavy atom. The quantitative estimate of drug-likeness (QED) is 0.611. The second kappa shape index (κ2) is 6.73. The van der Waals surface area contributed by atoms with Crippen LogP contribution in [0.15, 0.2) is 58.4 Å². The molecule has 0 spiro atoms. The van der Waals surface area contributed by atoms with E-state index in [1.165, 1.54) is 25.7 Å². The summed E-state index contributed by atoms with van der Waals surface area (Å²) in [6.07, 6.45) is 1.13. The highest BCUT2D eigenvalue weighted by Gasteiger charge is 2.19. The van der Waals surface area contributed by atoms with Gasteiger partial charge in [-0.3, -0.25) is 0 Å². The Bertz CT molecular complexity index is 729. The number of rotatable bonds is 5. The minimum absolute atomic E-state index is 0.241. The van der Waals surface area contributed by atoms with Gasteiger partial charge in [-0.2, -0.15) is 0 Å². The third kappa shape index (κ3) is 3.05. The normalized spacial score (nSPS) is 12.7. The predicted molar refractivity (Wildman–Crippen MR) is 96.1 cm³/mol. The van der Waals surface area contributed by atoms with E-state index in [-0.39, 0.29) is 6.04 Å². The van der Waals surface area contributed by atoms with Crippen molar-refractivity contribution in [3.05, 3.63) is 68.8 Å². The first-order valence-corrected chi connectivity index (χ1v) is 8.92. The van der Waals surface area contributed by atoms with Gasteiger partial charge in [-0.1, -0.05) is 49.4 Å². The van der Waals surface area contributed by atoms with E-state index in [2.05, 4.69) is 82.1 Å². The number of nitrogens with one attached hydrogen (secondary N) is 1. The van der Waals surface area contributed by atoms with Gasteiger partial charge < -0.3 is 5.32 Å². The molecule has 21 heavy (non-hydrogen) atoms. The molecule has 1 unspecified atom stereocenters. The molecule has 0 fully saturated rings. The first-order chi connectivity index (χ1) is 10.3. The van der Waals surface area contributed by atoms with Crippen LogP contribution in [0.5, 0.6) is 0 Å². The highest BCUT2D eigenvalue weighted by atomic mass is 79.9. The zero-order valence-electron chi connectivity index (χ0n) is 12.0. The highest BCUT2D eigenvalue weighted by molar-refractivity contribution is 9.10. The molecule has 2 aromatic carbocycles. The van der Waals surface area contributed by atoms with Crippen LogP contribution in [-0.2, 0) is 0 Å². The van der Waals surface area contributed by atoms with Gasteiger partial charge in [0.25, 0.3) is 0 Å². The lowest BCUT2D eigenvalue weighted by atomic mass is 9.97. The summed E-state index contributed by atoms with van der Waals surface area (Å²) in [5, 5.41) is 8.47. The van der Waals surface area contributed by atoms with Gasteiger partial charge in [-0.25, -0.2) is 0 Å². The predicted octanol–water partition coefficient (Wildman–Crippen LogP) is 5.75. The second-order valence-corrected chi connectivity index (χ2v) is 6.89. The summed E-state index contributed by atoms with van der Waals surface area (Å²) in [5.74, 6) is 0. The number of hydrogen-bond donors (Lipinski definition) is 1. The van der Waals surface area contributed by atoms with Crippen molar-refractivity contribution < 1.29 is 0 Å². The molecule has 0 amide bonds. The average Bonchev–Trinajstić information content (AvgIpc) is 2.94. The lowest BCUT2D eigenvalue weighted by molar-refractivity contribution is 0.607. The summed E-state index contributed by atoms with van der Waals surface area (Å²) < 4.78 is 1.19. The molecule has 3 rings (SSSR count). The molecule has 0 aliphatic heterocycles. The molecule has 108 valence electrons. The maximum absolute atomic E-state index is 3.70. The van der Waals surface area contributed by atoms with Gasteiger partial charge in [-0.05, 0) is 56.7 Å². The van der Waals surface area contributed by atoms with Crippen LogP contribution in [0.1, 0.15) is 29.8 Å². The number of halogens is 1. The zero-order chi connectivity index (χ0) is 14.7. The molecule has 1 heterocycles. The van der Waals surface area contributed by atoms with Crippen molar-refractivity contribution in [1.29, 1.82) is 0 Å². The SMILES string of the molecule is CCCNC(c1sccc1Br)c1cccc2ccccc12. The van der Waals surface area contributed by atoms with E-state index in [0.29, 0.717) is 0 Å². The molecule has 1 atom stereocenters. The monoisotopic (exact) mass is 359 g/mol. The Kier molecular flexibility index (Phi) is 4.73. The molecular formula is C18H18BrNS. The van der Waals surface area contributed by atoms with Crippen molar-refractivity contribution in [3.63, 3.8) is 0 Å². The molecular weight excluding hydrogens is 342 g/mol. The van der Waals surface area contributed by atoms with Gasteiger partial charge in [-0.15, -0.1) is 11.3 Å². The van der Waals surface area contributed by atoms with E-state index in [1.807, 2.05) is 0 Å². The molecule has 0 saturated heterocycles. The summed E-state index contributed by atoms with van der Waals surface area (Å²) in [7, 11) is 0. The van der Waals surface area contributed by atoms with Crippen LogP contribution in [0.25, 0.3) is 10.8 Å². The lowest BCUT2D eigenvalue weighted by Gasteiger charge is -2.20. The molecule has 0 saturated carbocycles. The number of thiophene rings is 1. The van der Waals surface area contributed by atoms with Crippen LogP contribution in [-0.4, -0.2) is 6.54 Å². The van der Waals surface area contributed by atoms with Gasteiger partial charge in [0.1, 0.15) is 0 Å². The van der Waals surface area contributed by atoms with Crippen LogP contribution in [0.4, 0.5) is 0 Å². The van der Waals surface area contributed by atoms with Crippen LogP contribution < -0.4 is 5.32 Å². The summed E-state index contributed by atoms with van der Waals surface area (Å²) >= 11 is 5.49. The zero-order valence-corrected chi connectivity index (χ0v) is 14.4. The minimum Gasteiger partial charge on any atom is -0.306 e. The molecule has 3 heteroatoms. The van der Waals surface area contributed by atoms with Crippen molar-refractivity contribution in [2.24, 2.45) is 0 Å². The van der Waals surface area contributed by atoms with Crippen molar-refractivity contribution >= 4 is 38.0 Å². The fourth-order valence-electron chi connectivity index (χ4n) is 2.65. The van der Waals surface area contributed by atoms with Gasteiger partial charge in [0.15, 0.2) is 0 Å². The smallest absolute Gasteiger partial charge is 0.0688 e. The van der Waals surface area contributed by atoms with Gasteiger partial charge >= 0.3 is 0 Å². The van der Waals surface area contributed by atoms with Gasteiger partial charge in [0.05, 0.1) is 6.04 Å². The highest BCUT2D eigenvalue weighted by Crippen LogP contribution is 2.36. The Morgan fingerprint density at radius 2 is 1.90 bits per heavy atom. The van der Waals surface area contributed by atoms with Crippen molar-refractivity contribution in [2.45, 2.75) is 19.4 Å². The van der Waals surface area contributed by atoms with Crippen molar-refractivity contribution in [1.82, 2.24) is 5.32 Å². The first-order valence-electron chi connectivity index (χ1n) is 7.25. The van der Waals surface area contributed by atoms with Crippen molar-refractivity contribution in [3.8, 4) is 0 Å². The molecule has 1 nitrogen and oxygen atoms in total. The van der Waals surface area contributed by atoms with E-state index >= 15 is 0 Å². The van der Waals surface area contributed by atoms with E-state index in [0.717, 1.165) is 13.0 Å². The molecule has 1 N–H and O–H groups in total. The maximum atomic E-state index is 3.70. The van der Waals surface area contributed by atoms with Crippen LogP contribution in [0.2, 0.25) is 0 Å². The Balaban J connectivity index is 2.12. The fraction of sp³-hybridized carbons (Fsp3) is 0.222. The standard InChI is InChI=1S/C18H18BrNS/c1-2-11-20-17(18-16(19)10-12-21-18)15-9-5-7-13-6-3-4-8-14(13)15/h3-10,12,17,20H,2,11H2,1H3. The molecule has 0 radical (unpaired) electrons. The Labute approximate surface area is 138 Å². The van der Waals surface area contributed by atoms with E-state index < -0.39 is 0 Å². The summed E-state index contributed by atoms with van der Waals surface area (Å²) in [4.78, 5) is 1.35. The average molecular weight is 360 g/mol. The summed E-state index contributed by atoms with van der Waals surface area (Å²) in [6, 6.07) is 17.6. The fourth-order valence-corrected chi connectivity index (χ4v) is 4.34. The third-order valence-electron chi connectivity index (χ3n) is 3.64. The Hall–Kier alpha value is -1.16. The third-order valence-corrected chi connectivity index (χ3v) is 5.58. The number of hydrogen-bond acceptors (Lipinski definition) is 2. The van der Waals surface area contributed by atoms with Crippen LogP contribution >= 0.6 is 27.3 Å². The van der Waals surface area contributed by atoms with Crippen LogP contribution in [0, 0.1) is 0 Å². The second-order valence-electron chi connectivity index (χ2n) is 5.09.